The molecule has 5 heteroatoms. The van der Waals surface area contributed by atoms with Crippen molar-refractivity contribution in [3.05, 3.63) is 0 Å². The lowest BCUT2D eigenvalue weighted by Gasteiger charge is -2.33. The highest BCUT2D eigenvalue weighted by molar-refractivity contribution is 6.35. The van der Waals surface area contributed by atoms with Gasteiger partial charge in [-0.2, -0.15) is 0 Å². The first-order chi connectivity index (χ1) is 5.80. The first-order valence-corrected chi connectivity index (χ1v) is 4.15. The van der Waals surface area contributed by atoms with E-state index in [4.69, 9.17) is 0 Å². The summed E-state index contributed by atoms with van der Waals surface area (Å²) in [6.45, 7) is 6.64. The number of carbonyl (C=O) groups is 1. The molecule has 1 unspecified atom stereocenters. The quantitative estimate of drug-likeness (QED) is 0.324. The molecule has 5 nitrogen and oxygen atoms in total. The third-order valence-electron chi connectivity index (χ3n) is 2.77. The van der Waals surface area contributed by atoms with Gasteiger partial charge in [-0.1, -0.05) is 0 Å². The average Bonchev–Trinajstić information content (AvgIpc) is 2.09. The Balaban J connectivity index is 3.25. The third-order valence-corrected chi connectivity index (χ3v) is 2.77. The predicted octanol–water partition coefficient (Wildman–Crippen LogP) is 0.248. The van der Waals surface area contributed by atoms with Crippen LogP contribution >= 0.6 is 0 Å². The second-order valence-electron chi connectivity index (χ2n) is 3.88. The number of hydrogen-bond donors (Lipinski definition) is 2. The normalized spacial score (nSPS) is 28.2. The summed E-state index contributed by atoms with van der Waals surface area (Å²) >= 11 is 0. The van der Waals surface area contributed by atoms with Crippen LogP contribution in [-0.2, 0) is 4.79 Å². The average molecular weight is 187 g/mol. The van der Waals surface area contributed by atoms with E-state index in [-0.39, 0.29) is 5.71 Å². The lowest BCUT2D eigenvalue weighted by atomic mass is 9.93. The molecular weight excluding hydrogens is 172 g/mol. The summed E-state index contributed by atoms with van der Waals surface area (Å²) in [5.41, 5.74) is -0.544. The lowest BCUT2D eigenvalue weighted by Crippen LogP contribution is -2.62. The minimum atomic E-state index is -0.674. The second kappa shape index (κ2) is 2.70. The number of carbonyl (C=O) groups excluding carboxylic acids is 1. The molecule has 1 atom stereocenters. The summed E-state index contributed by atoms with van der Waals surface area (Å²) in [7, 11) is 0. The topological polar surface area (TPSA) is 63.8 Å². The van der Waals surface area contributed by atoms with E-state index in [1.807, 2.05) is 0 Å². The van der Waals surface area contributed by atoms with E-state index < -0.39 is 17.5 Å². The highest BCUT2D eigenvalue weighted by Gasteiger charge is 2.51. The molecule has 1 aliphatic heterocycles. The SMILES string of the molecule is CC1=[N+](O)C(C)(C)C(C)N(O)C1=O. The van der Waals surface area contributed by atoms with Gasteiger partial charge in [0.15, 0.2) is 0 Å². The first kappa shape index (κ1) is 9.98. The number of nitrogens with zero attached hydrogens (tertiary/aromatic N) is 2. The van der Waals surface area contributed by atoms with Gasteiger partial charge in [0.25, 0.3) is 5.71 Å². The molecule has 0 fully saturated rings. The Kier molecular flexibility index (Phi) is 2.07. The van der Waals surface area contributed by atoms with Gasteiger partial charge in [-0.3, -0.25) is 15.2 Å². The maximum atomic E-state index is 11.3. The molecule has 0 bridgehead atoms. The lowest BCUT2D eigenvalue weighted by molar-refractivity contribution is -0.828. The fraction of sp³-hybridized carbons (Fsp3) is 0.750. The highest BCUT2D eigenvalue weighted by Crippen LogP contribution is 2.22. The standard InChI is InChI=1S/C8H15N2O3/c1-5-7(11)9(12)6(2)8(3,4)10(5)13/h6,12-13H,1-4H3/q+1. The van der Waals surface area contributed by atoms with Crippen molar-refractivity contribution in [1.82, 2.24) is 5.06 Å². The maximum absolute atomic E-state index is 11.3. The largest absolute Gasteiger partial charge is 0.341 e. The molecule has 0 saturated heterocycles. The fourth-order valence-corrected chi connectivity index (χ4v) is 1.34. The zero-order valence-electron chi connectivity index (χ0n) is 8.27. The van der Waals surface area contributed by atoms with Crippen LogP contribution in [0.3, 0.4) is 0 Å². The molecule has 2 N–H and O–H groups in total. The molecule has 74 valence electrons. The van der Waals surface area contributed by atoms with Crippen LogP contribution in [0.4, 0.5) is 0 Å². The number of amides is 1. The van der Waals surface area contributed by atoms with Gasteiger partial charge in [0.2, 0.25) is 5.54 Å². The highest BCUT2D eigenvalue weighted by atomic mass is 16.5. The van der Waals surface area contributed by atoms with Gasteiger partial charge < -0.3 is 0 Å². The summed E-state index contributed by atoms with van der Waals surface area (Å²) in [5.74, 6) is -0.561. The van der Waals surface area contributed by atoms with Crippen molar-refractivity contribution in [1.29, 1.82) is 0 Å². The molecule has 1 heterocycles. The van der Waals surface area contributed by atoms with Crippen LogP contribution in [0.15, 0.2) is 0 Å². The van der Waals surface area contributed by atoms with E-state index in [2.05, 4.69) is 0 Å². The van der Waals surface area contributed by atoms with E-state index in [1.165, 1.54) is 6.92 Å². The van der Waals surface area contributed by atoms with E-state index in [0.717, 1.165) is 4.74 Å². The van der Waals surface area contributed by atoms with Crippen molar-refractivity contribution in [3.63, 3.8) is 0 Å². The molecule has 0 aliphatic carbocycles. The molecule has 1 rings (SSSR count). The molecule has 0 spiro atoms. The van der Waals surface area contributed by atoms with Gasteiger partial charge >= 0.3 is 5.91 Å². The van der Waals surface area contributed by atoms with Crippen LogP contribution in [-0.4, -0.2) is 43.4 Å². The van der Waals surface area contributed by atoms with Crippen molar-refractivity contribution in [2.45, 2.75) is 39.3 Å². The minimum Gasteiger partial charge on any atom is -0.290 e. The van der Waals surface area contributed by atoms with Gasteiger partial charge in [-0.25, -0.2) is 5.06 Å². The summed E-state index contributed by atoms with van der Waals surface area (Å²) in [5, 5.41) is 19.7. The minimum absolute atomic E-state index is 0.130. The molecule has 0 aromatic carbocycles. The number of hydroxylamine groups is 3. The molecule has 1 amide bonds. The Hall–Kier alpha value is -1.10. The van der Waals surface area contributed by atoms with Gasteiger partial charge in [0, 0.05) is 20.8 Å². The molecule has 13 heavy (non-hydrogen) atoms. The van der Waals surface area contributed by atoms with Crippen molar-refractivity contribution in [2.24, 2.45) is 0 Å². The number of rotatable bonds is 0. The van der Waals surface area contributed by atoms with Gasteiger partial charge in [0.05, 0.1) is 0 Å². The first-order valence-electron chi connectivity index (χ1n) is 4.15. The van der Waals surface area contributed by atoms with Gasteiger partial charge in [-0.15, -0.1) is 0 Å². The molecule has 0 saturated carbocycles. The van der Waals surface area contributed by atoms with E-state index in [9.17, 15) is 15.2 Å². The summed E-state index contributed by atoms with van der Waals surface area (Å²) in [6.07, 6.45) is 0. The Morgan fingerprint density at radius 3 is 2.46 bits per heavy atom. The van der Waals surface area contributed by atoms with E-state index >= 15 is 0 Å². The molecule has 0 radical (unpaired) electrons. The van der Waals surface area contributed by atoms with Crippen LogP contribution < -0.4 is 0 Å². The fourth-order valence-electron chi connectivity index (χ4n) is 1.34. The predicted molar refractivity (Wildman–Crippen MR) is 44.9 cm³/mol. The van der Waals surface area contributed by atoms with Crippen LogP contribution in [0.25, 0.3) is 0 Å². The van der Waals surface area contributed by atoms with Crippen LogP contribution in [0, 0.1) is 0 Å². The monoisotopic (exact) mass is 187 g/mol. The van der Waals surface area contributed by atoms with Crippen molar-refractivity contribution in [2.75, 3.05) is 0 Å². The summed E-state index contributed by atoms with van der Waals surface area (Å²) in [4.78, 5) is 11.3. The van der Waals surface area contributed by atoms with E-state index in [1.54, 1.807) is 20.8 Å². The smallest absolute Gasteiger partial charge is 0.290 e. The molecule has 1 aliphatic rings. The summed E-state index contributed by atoms with van der Waals surface area (Å²) < 4.78 is 0.909. The molecular formula is C8H15N2O3+. The van der Waals surface area contributed by atoms with Crippen molar-refractivity contribution >= 4 is 11.6 Å². The van der Waals surface area contributed by atoms with Crippen molar-refractivity contribution in [3.8, 4) is 0 Å². The maximum Gasteiger partial charge on any atom is 0.341 e. The van der Waals surface area contributed by atoms with Crippen LogP contribution in [0.1, 0.15) is 27.7 Å². The van der Waals surface area contributed by atoms with Crippen molar-refractivity contribution < 1.29 is 19.9 Å². The van der Waals surface area contributed by atoms with E-state index in [0.29, 0.717) is 5.06 Å². The van der Waals surface area contributed by atoms with Crippen LogP contribution in [0.2, 0.25) is 0 Å². The Morgan fingerprint density at radius 1 is 1.54 bits per heavy atom. The Bertz CT molecular complexity index is 283. The van der Waals surface area contributed by atoms with Gasteiger partial charge in [0.1, 0.15) is 6.04 Å². The molecule has 0 aromatic heterocycles. The Morgan fingerprint density at radius 2 is 2.00 bits per heavy atom. The zero-order valence-corrected chi connectivity index (χ0v) is 8.27. The second-order valence-corrected chi connectivity index (χ2v) is 3.88. The number of hydrogen-bond acceptors (Lipinski definition) is 3. The Labute approximate surface area is 76.8 Å². The zero-order chi connectivity index (χ0) is 10.4. The van der Waals surface area contributed by atoms with Crippen LogP contribution in [0.5, 0.6) is 0 Å². The molecule has 0 aromatic rings. The van der Waals surface area contributed by atoms with Gasteiger partial charge in [-0.05, 0) is 11.7 Å². The summed E-state index contributed by atoms with van der Waals surface area (Å²) in [6, 6.07) is -0.450. The third kappa shape index (κ3) is 1.19.